The smallest absolute Gasteiger partial charge is 0.160 e. The summed E-state index contributed by atoms with van der Waals surface area (Å²) in [7, 11) is 0. The number of benzene rings is 1. The molecule has 1 aromatic rings. The molecule has 0 saturated carbocycles. The van der Waals surface area contributed by atoms with E-state index in [4.69, 9.17) is 5.73 Å². The van der Waals surface area contributed by atoms with Gasteiger partial charge in [0.1, 0.15) is 0 Å². The Hall–Kier alpha value is -1.16. The third-order valence-corrected chi connectivity index (χ3v) is 2.32. The monoisotopic (exact) mass is 214 g/mol. The highest BCUT2D eigenvalue weighted by Gasteiger charge is 2.07. The Bertz CT molecular complexity index is 326. The average Bonchev–Trinajstić information content (AvgIpc) is 2.19. The van der Waals surface area contributed by atoms with Crippen molar-refractivity contribution in [1.29, 1.82) is 0 Å². The van der Waals surface area contributed by atoms with E-state index in [1.54, 1.807) is 0 Å². The van der Waals surface area contributed by atoms with Crippen molar-refractivity contribution in [1.82, 2.24) is 0 Å². The molecule has 1 aromatic carbocycles. The summed E-state index contributed by atoms with van der Waals surface area (Å²) < 4.78 is 25.4. The summed E-state index contributed by atoms with van der Waals surface area (Å²) in [5.41, 5.74) is 6.35. The molecule has 0 bridgehead atoms. The van der Waals surface area contributed by atoms with Gasteiger partial charge in [-0.05, 0) is 24.1 Å². The maximum atomic E-state index is 12.8. The molecule has 15 heavy (non-hydrogen) atoms. The van der Waals surface area contributed by atoms with E-state index in [1.165, 1.54) is 6.07 Å². The molecular weight excluding hydrogens is 198 g/mol. The highest BCUT2D eigenvalue weighted by molar-refractivity contribution is 5.43. The molecule has 0 saturated heterocycles. The summed E-state index contributed by atoms with van der Waals surface area (Å²) in [6, 6.07) is 3.71. The third kappa shape index (κ3) is 3.47. The molecule has 0 aromatic heterocycles. The summed E-state index contributed by atoms with van der Waals surface area (Å²) >= 11 is 0. The zero-order valence-electron chi connectivity index (χ0n) is 8.93. The number of anilines is 1. The SMILES string of the molecule is CC(C)C(N)CNc1ccc(F)c(F)c1. The van der Waals surface area contributed by atoms with Gasteiger partial charge in [-0.3, -0.25) is 0 Å². The van der Waals surface area contributed by atoms with Crippen molar-refractivity contribution in [2.75, 3.05) is 11.9 Å². The molecule has 1 unspecified atom stereocenters. The summed E-state index contributed by atoms with van der Waals surface area (Å²) in [6.45, 7) is 4.57. The van der Waals surface area contributed by atoms with E-state index in [1.807, 2.05) is 13.8 Å². The average molecular weight is 214 g/mol. The fourth-order valence-electron chi connectivity index (χ4n) is 1.08. The molecule has 1 rings (SSSR count). The second kappa shape index (κ2) is 5.07. The van der Waals surface area contributed by atoms with Gasteiger partial charge >= 0.3 is 0 Å². The predicted molar refractivity (Wildman–Crippen MR) is 57.7 cm³/mol. The molecule has 0 aliphatic carbocycles. The number of nitrogens with one attached hydrogen (secondary N) is 1. The standard InChI is InChI=1S/C11H16F2N2/c1-7(2)11(14)6-15-8-3-4-9(12)10(13)5-8/h3-5,7,11,15H,6,14H2,1-2H3. The van der Waals surface area contributed by atoms with Gasteiger partial charge in [0.15, 0.2) is 11.6 Å². The second-order valence-electron chi connectivity index (χ2n) is 3.92. The van der Waals surface area contributed by atoms with Crippen LogP contribution in [0.4, 0.5) is 14.5 Å². The lowest BCUT2D eigenvalue weighted by atomic mass is 10.1. The van der Waals surface area contributed by atoms with Gasteiger partial charge in [-0.2, -0.15) is 0 Å². The van der Waals surface area contributed by atoms with Crippen LogP contribution in [-0.4, -0.2) is 12.6 Å². The lowest BCUT2D eigenvalue weighted by Crippen LogP contribution is -2.34. The molecule has 0 spiro atoms. The van der Waals surface area contributed by atoms with Gasteiger partial charge in [-0.15, -0.1) is 0 Å². The first kappa shape index (κ1) is 11.9. The van der Waals surface area contributed by atoms with Gasteiger partial charge in [0.2, 0.25) is 0 Å². The number of hydrogen-bond donors (Lipinski definition) is 2. The zero-order valence-corrected chi connectivity index (χ0v) is 8.93. The van der Waals surface area contributed by atoms with Gasteiger partial charge in [-0.1, -0.05) is 13.8 Å². The Kier molecular flexibility index (Phi) is 4.03. The van der Waals surface area contributed by atoms with E-state index >= 15 is 0 Å². The fourth-order valence-corrected chi connectivity index (χ4v) is 1.08. The maximum absolute atomic E-state index is 12.8. The van der Waals surface area contributed by atoms with E-state index in [9.17, 15) is 8.78 Å². The van der Waals surface area contributed by atoms with Gasteiger partial charge in [0.05, 0.1) is 0 Å². The van der Waals surface area contributed by atoms with Crippen molar-refractivity contribution >= 4 is 5.69 Å². The molecule has 0 aliphatic rings. The Morgan fingerprint density at radius 1 is 1.27 bits per heavy atom. The van der Waals surface area contributed by atoms with Crippen LogP contribution in [0.25, 0.3) is 0 Å². The summed E-state index contributed by atoms with van der Waals surface area (Å²) in [4.78, 5) is 0. The molecule has 0 aliphatic heterocycles. The third-order valence-electron chi connectivity index (χ3n) is 2.32. The molecule has 1 atom stereocenters. The Labute approximate surface area is 88.5 Å². The molecular formula is C11H16F2N2. The van der Waals surface area contributed by atoms with Crippen molar-refractivity contribution in [2.24, 2.45) is 11.7 Å². The highest BCUT2D eigenvalue weighted by atomic mass is 19.2. The fraction of sp³-hybridized carbons (Fsp3) is 0.455. The minimum absolute atomic E-state index is 0.00175. The first-order valence-corrected chi connectivity index (χ1v) is 4.95. The van der Waals surface area contributed by atoms with Crippen LogP contribution >= 0.6 is 0 Å². The Morgan fingerprint density at radius 3 is 2.47 bits per heavy atom. The first-order chi connectivity index (χ1) is 7.00. The topological polar surface area (TPSA) is 38.0 Å². The van der Waals surface area contributed by atoms with E-state index in [2.05, 4.69) is 5.32 Å². The van der Waals surface area contributed by atoms with Crippen LogP contribution in [0.3, 0.4) is 0 Å². The van der Waals surface area contributed by atoms with Crippen LogP contribution in [-0.2, 0) is 0 Å². The van der Waals surface area contributed by atoms with Crippen LogP contribution < -0.4 is 11.1 Å². The molecule has 3 N–H and O–H groups in total. The normalized spacial score (nSPS) is 12.9. The molecule has 2 nitrogen and oxygen atoms in total. The van der Waals surface area contributed by atoms with E-state index in [0.717, 1.165) is 12.1 Å². The number of hydrogen-bond acceptors (Lipinski definition) is 2. The van der Waals surface area contributed by atoms with Gasteiger partial charge in [0.25, 0.3) is 0 Å². The minimum Gasteiger partial charge on any atom is -0.383 e. The maximum Gasteiger partial charge on any atom is 0.160 e. The van der Waals surface area contributed by atoms with E-state index in [-0.39, 0.29) is 6.04 Å². The van der Waals surface area contributed by atoms with Crippen molar-refractivity contribution in [2.45, 2.75) is 19.9 Å². The predicted octanol–water partition coefficient (Wildman–Crippen LogP) is 2.36. The second-order valence-corrected chi connectivity index (χ2v) is 3.92. The molecule has 0 heterocycles. The van der Waals surface area contributed by atoms with E-state index < -0.39 is 11.6 Å². The first-order valence-electron chi connectivity index (χ1n) is 4.95. The van der Waals surface area contributed by atoms with Gasteiger partial charge in [0, 0.05) is 18.3 Å². The van der Waals surface area contributed by atoms with Crippen molar-refractivity contribution in [3.63, 3.8) is 0 Å². The van der Waals surface area contributed by atoms with Crippen molar-refractivity contribution in [3.05, 3.63) is 29.8 Å². The summed E-state index contributed by atoms with van der Waals surface area (Å²) in [5, 5.41) is 2.96. The number of halogens is 2. The lowest BCUT2D eigenvalue weighted by molar-refractivity contribution is 0.505. The number of rotatable bonds is 4. The van der Waals surface area contributed by atoms with E-state index in [0.29, 0.717) is 18.2 Å². The zero-order chi connectivity index (χ0) is 11.4. The molecule has 0 fully saturated rings. The van der Waals surface area contributed by atoms with Crippen LogP contribution in [0.1, 0.15) is 13.8 Å². The van der Waals surface area contributed by atoms with Crippen LogP contribution in [0.2, 0.25) is 0 Å². The van der Waals surface area contributed by atoms with Crippen LogP contribution in [0.15, 0.2) is 18.2 Å². The Morgan fingerprint density at radius 2 is 1.93 bits per heavy atom. The van der Waals surface area contributed by atoms with Crippen LogP contribution in [0, 0.1) is 17.6 Å². The molecule has 4 heteroatoms. The molecule has 84 valence electrons. The minimum atomic E-state index is -0.849. The molecule has 0 amide bonds. The molecule has 0 radical (unpaired) electrons. The van der Waals surface area contributed by atoms with Crippen molar-refractivity contribution < 1.29 is 8.78 Å². The summed E-state index contributed by atoms with van der Waals surface area (Å²) in [5.74, 6) is -1.34. The Balaban J connectivity index is 2.55. The van der Waals surface area contributed by atoms with Gasteiger partial charge in [-0.25, -0.2) is 8.78 Å². The largest absolute Gasteiger partial charge is 0.383 e. The number of nitrogens with two attached hydrogens (primary N) is 1. The highest BCUT2D eigenvalue weighted by Crippen LogP contribution is 2.13. The lowest BCUT2D eigenvalue weighted by Gasteiger charge is -2.16. The van der Waals surface area contributed by atoms with Gasteiger partial charge < -0.3 is 11.1 Å². The quantitative estimate of drug-likeness (QED) is 0.807. The van der Waals surface area contributed by atoms with Crippen LogP contribution in [0.5, 0.6) is 0 Å². The van der Waals surface area contributed by atoms with Crippen molar-refractivity contribution in [3.8, 4) is 0 Å². The summed E-state index contributed by atoms with van der Waals surface area (Å²) in [6.07, 6.45) is 0.